The summed E-state index contributed by atoms with van der Waals surface area (Å²) in [5.74, 6) is 0. The number of alkyl halides is 3. The molecule has 0 saturated carbocycles. The zero-order valence-electron chi connectivity index (χ0n) is 6.97. The molecule has 0 fully saturated rings. The number of nitriles is 1. The fraction of sp³-hybridized carbons (Fsp3) is 0.125. The molecular weight excluding hydrogens is 233 g/mol. The van der Waals surface area contributed by atoms with Crippen LogP contribution in [0.1, 0.15) is 21.7 Å². The van der Waals surface area contributed by atoms with Crippen LogP contribution in [0.25, 0.3) is 0 Å². The number of carbonyl (C=O) groups is 1. The molecule has 0 aliphatic carbocycles. The SMILES string of the molecule is N#Cc1ccc(C(=O)Cl)c(C(F)(F)F)n1. The van der Waals surface area contributed by atoms with Gasteiger partial charge in [0.1, 0.15) is 11.8 Å². The van der Waals surface area contributed by atoms with Crippen LogP contribution in [0.2, 0.25) is 0 Å². The molecule has 0 radical (unpaired) electrons. The molecule has 0 aromatic carbocycles. The highest BCUT2D eigenvalue weighted by Gasteiger charge is 2.37. The predicted molar refractivity (Wildman–Crippen MR) is 44.1 cm³/mol. The molecule has 3 nitrogen and oxygen atoms in total. The van der Waals surface area contributed by atoms with Crippen LogP contribution in [0.15, 0.2) is 12.1 Å². The fourth-order valence-electron chi connectivity index (χ4n) is 0.896. The van der Waals surface area contributed by atoms with Crippen LogP contribution in [0.4, 0.5) is 13.2 Å². The third kappa shape index (κ3) is 2.44. The van der Waals surface area contributed by atoms with E-state index in [-0.39, 0.29) is 0 Å². The van der Waals surface area contributed by atoms with E-state index in [1.54, 1.807) is 0 Å². The highest BCUT2D eigenvalue weighted by atomic mass is 35.5. The quantitative estimate of drug-likeness (QED) is 0.701. The first-order valence-electron chi connectivity index (χ1n) is 3.54. The molecule has 0 saturated heterocycles. The average Bonchev–Trinajstić information content (AvgIpc) is 2.15. The van der Waals surface area contributed by atoms with Gasteiger partial charge in [-0.2, -0.15) is 18.4 Å². The Kier molecular flexibility index (Phi) is 2.95. The highest BCUT2D eigenvalue weighted by Crippen LogP contribution is 2.31. The molecule has 0 amide bonds. The number of hydrogen-bond acceptors (Lipinski definition) is 3. The molecule has 1 heterocycles. The van der Waals surface area contributed by atoms with E-state index in [2.05, 4.69) is 4.98 Å². The van der Waals surface area contributed by atoms with Gasteiger partial charge in [0, 0.05) is 0 Å². The number of carbonyl (C=O) groups excluding carboxylic acids is 1. The number of hydrogen-bond donors (Lipinski definition) is 0. The van der Waals surface area contributed by atoms with Gasteiger partial charge in [-0.15, -0.1) is 0 Å². The first-order valence-corrected chi connectivity index (χ1v) is 3.92. The van der Waals surface area contributed by atoms with Crippen molar-refractivity contribution in [2.45, 2.75) is 6.18 Å². The molecule has 0 aliphatic heterocycles. The lowest BCUT2D eigenvalue weighted by atomic mass is 10.2. The van der Waals surface area contributed by atoms with Gasteiger partial charge < -0.3 is 0 Å². The van der Waals surface area contributed by atoms with Crippen molar-refractivity contribution in [2.75, 3.05) is 0 Å². The normalized spacial score (nSPS) is 10.9. The molecular formula is C8H2ClF3N2O. The van der Waals surface area contributed by atoms with Crippen LogP contribution in [0.3, 0.4) is 0 Å². The summed E-state index contributed by atoms with van der Waals surface area (Å²) in [6.07, 6.45) is -4.81. The Morgan fingerprint density at radius 1 is 1.47 bits per heavy atom. The summed E-state index contributed by atoms with van der Waals surface area (Å²) in [6, 6.07) is 3.25. The summed E-state index contributed by atoms with van der Waals surface area (Å²) < 4.78 is 37.0. The minimum atomic E-state index is -4.81. The molecule has 0 N–H and O–H groups in total. The first-order chi connectivity index (χ1) is 6.86. The molecule has 0 aliphatic rings. The van der Waals surface area contributed by atoms with E-state index < -0.39 is 28.4 Å². The third-order valence-electron chi connectivity index (χ3n) is 1.49. The van der Waals surface area contributed by atoms with Crippen molar-refractivity contribution in [3.05, 3.63) is 29.1 Å². The van der Waals surface area contributed by atoms with Crippen LogP contribution < -0.4 is 0 Å². The zero-order valence-corrected chi connectivity index (χ0v) is 7.73. The van der Waals surface area contributed by atoms with E-state index >= 15 is 0 Å². The van der Waals surface area contributed by atoms with Gasteiger partial charge in [-0.25, -0.2) is 4.98 Å². The molecule has 1 rings (SSSR count). The lowest BCUT2D eigenvalue weighted by Gasteiger charge is -2.08. The largest absolute Gasteiger partial charge is 0.434 e. The van der Waals surface area contributed by atoms with Crippen LogP contribution in [0, 0.1) is 11.3 Å². The fourth-order valence-corrected chi connectivity index (χ4v) is 1.05. The smallest absolute Gasteiger partial charge is 0.276 e. The second kappa shape index (κ2) is 3.87. The van der Waals surface area contributed by atoms with Gasteiger partial charge in [0.15, 0.2) is 5.69 Å². The van der Waals surface area contributed by atoms with Gasteiger partial charge in [0.25, 0.3) is 5.24 Å². The zero-order chi connectivity index (χ0) is 11.6. The number of rotatable bonds is 1. The second-order valence-corrected chi connectivity index (χ2v) is 2.82. The predicted octanol–water partition coefficient (Wildman–Crippen LogP) is 2.35. The minimum absolute atomic E-state index is 0.427. The van der Waals surface area contributed by atoms with Crippen molar-refractivity contribution >= 4 is 16.8 Å². The molecule has 0 unspecified atom stereocenters. The van der Waals surface area contributed by atoms with Crippen molar-refractivity contribution in [3.63, 3.8) is 0 Å². The van der Waals surface area contributed by atoms with E-state index in [9.17, 15) is 18.0 Å². The summed E-state index contributed by atoms with van der Waals surface area (Å²) in [6.45, 7) is 0. The van der Waals surface area contributed by atoms with Crippen molar-refractivity contribution in [2.24, 2.45) is 0 Å². The first kappa shape index (κ1) is 11.5. The van der Waals surface area contributed by atoms with Gasteiger partial charge >= 0.3 is 6.18 Å². The Morgan fingerprint density at radius 3 is 2.47 bits per heavy atom. The second-order valence-electron chi connectivity index (χ2n) is 2.48. The Labute approximate surface area is 87.1 Å². The maximum absolute atomic E-state index is 12.3. The maximum Gasteiger partial charge on any atom is 0.434 e. The highest BCUT2D eigenvalue weighted by molar-refractivity contribution is 6.67. The van der Waals surface area contributed by atoms with Crippen LogP contribution in [-0.4, -0.2) is 10.2 Å². The summed E-state index contributed by atoms with van der Waals surface area (Å²) in [5, 5.41) is 7.09. The van der Waals surface area contributed by atoms with Gasteiger partial charge in [-0.1, -0.05) is 0 Å². The van der Waals surface area contributed by atoms with Gasteiger partial charge in [-0.05, 0) is 23.7 Å². The van der Waals surface area contributed by atoms with Gasteiger partial charge in [0.2, 0.25) is 0 Å². The van der Waals surface area contributed by atoms with Crippen molar-refractivity contribution in [3.8, 4) is 6.07 Å². The van der Waals surface area contributed by atoms with Crippen molar-refractivity contribution in [1.82, 2.24) is 4.98 Å². The minimum Gasteiger partial charge on any atom is -0.276 e. The Bertz CT molecular complexity index is 450. The van der Waals surface area contributed by atoms with E-state index in [4.69, 9.17) is 16.9 Å². The molecule has 0 atom stereocenters. The number of nitrogens with zero attached hydrogens (tertiary/aromatic N) is 2. The van der Waals surface area contributed by atoms with Crippen LogP contribution >= 0.6 is 11.6 Å². The monoisotopic (exact) mass is 234 g/mol. The van der Waals surface area contributed by atoms with Crippen LogP contribution in [0.5, 0.6) is 0 Å². The molecule has 7 heteroatoms. The van der Waals surface area contributed by atoms with E-state index in [0.717, 1.165) is 12.1 Å². The Morgan fingerprint density at radius 2 is 2.07 bits per heavy atom. The summed E-state index contributed by atoms with van der Waals surface area (Å²) >= 11 is 4.95. The molecule has 0 bridgehead atoms. The average molecular weight is 235 g/mol. The molecule has 0 spiro atoms. The summed E-state index contributed by atoms with van der Waals surface area (Å²) in [4.78, 5) is 13.6. The topological polar surface area (TPSA) is 53.8 Å². The van der Waals surface area contributed by atoms with Crippen molar-refractivity contribution in [1.29, 1.82) is 5.26 Å². The number of aromatic nitrogens is 1. The maximum atomic E-state index is 12.3. The van der Waals surface area contributed by atoms with Gasteiger partial charge in [0.05, 0.1) is 5.56 Å². The number of halogens is 4. The third-order valence-corrected chi connectivity index (χ3v) is 1.69. The van der Waals surface area contributed by atoms with Crippen molar-refractivity contribution < 1.29 is 18.0 Å². The summed E-state index contributed by atoms with van der Waals surface area (Å²) in [7, 11) is 0. The Balaban J connectivity index is 3.44. The van der Waals surface area contributed by atoms with Gasteiger partial charge in [-0.3, -0.25) is 4.79 Å². The molecule has 1 aromatic rings. The van der Waals surface area contributed by atoms with E-state index in [1.807, 2.05) is 0 Å². The lowest BCUT2D eigenvalue weighted by Crippen LogP contribution is -2.14. The number of pyridine rings is 1. The molecule has 1 aromatic heterocycles. The summed E-state index contributed by atoms with van der Waals surface area (Å²) in [5.41, 5.74) is -2.63. The standard InChI is InChI=1S/C8H2ClF3N2O/c9-7(15)5-2-1-4(3-13)14-6(5)8(10,11)12/h1-2H. The van der Waals surface area contributed by atoms with E-state index in [0.29, 0.717) is 0 Å². The van der Waals surface area contributed by atoms with E-state index in [1.165, 1.54) is 6.07 Å². The lowest BCUT2D eigenvalue weighted by molar-refractivity contribution is -0.141. The Hall–Kier alpha value is -1.61. The van der Waals surface area contributed by atoms with Crippen LogP contribution in [-0.2, 0) is 6.18 Å². The molecule has 15 heavy (non-hydrogen) atoms. The molecule has 78 valence electrons.